The van der Waals surface area contributed by atoms with Crippen LogP contribution >= 0.6 is 0 Å². The lowest BCUT2D eigenvalue weighted by Crippen LogP contribution is -2.14. The molecule has 0 spiro atoms. The van der Waals surface area contributed by atoms with Gasteiger partial charge in [0, 0.05) is 0 Å². The average molecular weight is 166 g/mol. The van der Waals surface area contributed by atoms with E-state index in [1.807, 2.05) is 0 Å². The topological polar surface area (TPSA) is 0 Å². The molecule has 0 nitrogen and oxygen atoms in total. The molecule has 1 unspecified atom stereocenters. The Hall–Kier alpha value is -0.440. The van der Waals surface area contributed by atoms with Gasteiger partial charge >= 0.3 is 0 Å². The van der Waals surface area contributed by atoms with Gasteiger partial charge in [-0.25, -0.2) is 0 Å². The van der Waals surface area contributed by atoms with Gasteiger partial charge in [-0.3, -0.25) is 0 Å². The molecule has 0 saturated heterocycles. The second-order valence-corrected chi connectivity index (χ2v) is 3.78. The molecule has 0 heterocycles. The van der Waals surface area contributed by atoms with E-state index in [2.05, 4.69) is 26.7 Å². The number of rotatable bonds is 2. The van der Waals surface area contributed by atoms with Crippen LogP contribution in [0.1, 0.15) is 52.4 Å². The van der Waals surface area contributed by atoms with E-state index in [0.717, 1.165) is 11.8 Å². The lowest BCUT2D eigenvalue weighted by Gasteiger charge is -2.26. The molecule has 0 amide bonds. The van der Waals surface area contributed by atoms with Crippen LogP contribution in [0, 0.1) is 24.7 Å². The van der Waals surface area contributed by atoms with E-state index in [1.165, 1.54) is 38.5 Å². The minimum absolute atomic E-state index is 0.986. The Bertz CT molecular complexity index is 106. The highest BCUT2D eigenvalue weighted by Crippen LogP contribution is 2.30. The number of hydrogen-bond acceptors (Lipinski definition) is 0. The maximum atomic E-state index is 4.00. The third-order valence-electron chi connectivity index (χ3n) is 3.10. The molecule has 0 aromatic heterocycles. The first-order valence-corrected chi connectivity index (χ1v) is 5.18. The number of hydrogen-bond donors (Lipinski definition) is 0. The van der Waals surface area contributed by atoms with Crippen LogP contribution in [0.15, 0.2) is 0 Å². The van der Waals surface area contributed by atoms with Crippen LogP contribution in [0.4, 0.5) is 0 Å². The summed E-state index contributed by atoms with van der Waals surface area (Å²) < 4.78 is 0. The molecular weight excluding hydrogens is 144 g/mol. The van der Waals surface area contributed by atoms with Crippen molar-refractivity contribution in [1.82, 2.24) is 0 Å². The molecule has 1 atom stereocenters. The molecule has 12 heavy (non-hydrogen) atoms. The van der Waals surface area contributed by atoms with Crippen molar-refractivity contribution in [3.63, 3.8) is 0 Å². The molecule has 0 N–H and O–H groups in total. The molecule has 1 aliphatic rings. The Labute approximate surface area is 77.8 Å². The zero-order valence-electron chi connectivity index (χ0n) is 8.55. The summed E-state index contributed by atoms with van der Waals surface area (Å²) in [5.41, 5.74) is 0. The van der Waals surface area contributed by atoms with Crippen molar-refractivity contribution in [3.8, 4) is 12.8 Å². The maximum absolute atomic E-state index is 4.00. The van der Waals surface area contributed by atoms with Crippen LogP contribution in [0.3, 0.4) is 0 Å². The first-order valence-electron chi connectivity index (χ1n) is 5.18. The van der Waals surface area contributed by atoms with Crippen LogP contribution in [-0.4, -0.2) is 0 Å². The van der Waals surface area contributed by atoms with Gasteiger partial charge in [0.1, 0.15) is 0 Å². The van der Waals surface area contributed by atoms with Crippen molar-refractivity contribution in [1.29, 1.82) is 0 Å². The molecular formula is C12H22. The van der Waals surface area contributed by atoms with E-state index in [-0.39, 0.29) is 0 Å². The van der Waals surface area contributed by atoms with Crippen molar-refractivity contribution in [2.75, 3.05) is 0 Å². The van der Waals surface area contributed by atoms with Gasteiger partial charge in [-0.05, 0) is 11.8 Å². The van der Waals surface area contributed by atoms with E-state index in [1.54, 1.807) is 0 Å². The fourth-order valence-corrected chi connectivity index (χ4v) is 2.04. The molecule has 0 radical (unpaired) electrons. The summed E-state index contributed by atoms with van der Waals surface area (Å²) in [6, 6.07) is 0. The minimum atomic E-state index is 0.986. The Morgan fingerprint density at radius 2 is 1.67 bits per heavy atom. The van der Waals surface area contributed by atoms with Gasteiger partial charge in [0.25, 0.3) is 0 Å². The Morgan fingerprint density at radius 3 is 2.08 bits per heavy atom. The van der Waals surface area contributed by atoms with Crippen molar-refractivity contribution in [3.05, 3.63) is 0 Å². The molecule has 0 bridgehead atoms. The summed E-state index contributed by atoms with van der Waals surface area (Å²) in [5.74, 6) is 2.05. The van der Waals surface area contributed by atoms with Crippen LogP contribution in [0.5, 0.6) is 0 Å². The zero-order chi connectivity index (χ0) is 9.40. The van der Waals surface area contributed by atoms with Gasteiger partial charge in [0.2, 0.25) is 0 Å². The molecule has 70 valence electrons. The molecule has 1 rings (SSSR count). The van der Waals surface area contributed by atoms with Crippen LogP contribution < -0.4 is 0 Å². The lowest BCUT2D eigenvalue weighted by atomic mass is 9.80. The standard InChI is InChI=1S/C10H20.C2H2/c1-3-9(2)10-7-5-4-6-8-10;1-2/h9-10H,3-8H2,1-2H3;1-2H. The van der Waals surface area contributed by atoms with Crippen LogP contribution in [0.2, 0.25) is 0 Å². The van der Waals surface area contributed by atoms with Crippen LogP contribution in [-0.2, 0) is 0 Å². The van der Waals surface area contributed by atoms with Gasteiger partial charge < -0.3 is 0 Å². The summed E-state index contributed by atoms with van der Waals surface area (Å²) in [5, 5.41) is 0. The Balaban J connectivity index is 0.000000561. The normalized spacial score (nSPS) is 20.7. The monoisotopic (exact) mass is 166 g/mol. The molecule has 1 saturated carbocycles. The second-order valence-electron chi connectivity index (χ2n) is 3.78. The first-order chi connectivity index (χ1) is 5.84. The highest BCUT2D eigenvalue weighted by Gasteiger charge is 2.17. The maximum Gasteiger partial charge on any atom is -0.0389 e. The SMILES string of the molecule is C#C.CCC(C)C1CCCCC1. The molecule has 0 aromatic carbocycles. The fraction of sp³-hybridized carbons (Fsp3) is 0.833. The average Bonchev–Trinajstić information content (AvgIpc) is 2.21. The fourth-order valence-electron chi connectivity index (χ4n) is 2.04. The highest BCUT2D eigenvalue weighted by atomic mass is 14.2. The largest absolute Gasteiger partial charge is 0.124 e. The second kappa shape index (κ2) is 7.22. The van der Waals surface area contributed by atoms with E-state index in [4.69, 9.17) is 0 Å². The van der Waals surface area contributed by atoms with Gasteiger partial charge in [0.15, 0.2) is 0 Å². The van der Waals surface area contributed by atoms with E-state index in [9.17, 15) is 0 Å². The van der Waals surface area contributed by atoms with Crippen molar-refractivity contribution in [2.45, 2.75) is 52.4 Å². The van der Waals surface area contributed by atoms with Crippen molar-refractivity contribution < 1.29 is 0 Å². The molecule has 1 fully saturated rings. The third kappa shape index (κ3) is 3.81. The Morgan fingerprint density at radius 1 is 1.17 bits per heavy atom. The van der Waals surface area contributed by atoms with Crippen molar-refractivity contribution in [2.24, 2.45) is 11.8 Å². The number of terminal acetylenes is 1. The van der Waals surface area contributed by atoms with Gasteiger partial charge in [0.05, 0.1) is 0 Å². The van der Waals surface area contributed by atoms with E-state index >= 15 is 0 Å². The van der Waals surface area contributed by atoms with Crippen LogP contribution in [0.25, 0.3) is 0 Å². The molecule has 0 aliphatic heterocycles. The van der Waals surface area contributed by atoms with E-state index < -0.39 is 0 Å². The summed E-state index contributed by atoms with van der Waals surface area (Å²) in [6.45, 7) is 4.73. The smallest absolute Gasteiger partial charge is 0.0389 e. The van der Waals surface area contributed by atoms with E-state index in [0.29, 0.717) is 0 Å². The third-order valence-corrected chi connectivity index (χ3v) is 3.10. The molecule has 0 heteroatoms. The quantitative estimate of drug-likeness (QED) is 0.546. The summed E-state index contributed by atoms with van der Waals surface area (Å²) >= 11 is 0. The molecule has 1 aliphatic carbocycles. The predicted molar refractivity (Wildman–Crippen MR) is 55.9 cm³/mol. The first kappa shape index (κ1) is 11.6. The highest BCUT2D eigenvalue weighted by molar-refractivity contribution is 4.69. The van der Waals surface area contributed by atoms with Gasteiger partial charge in [-0.2, -0.15) is 0 Å². The molecule has 0 aromatic rings. The van der Waals surface area contributed by atoms with Gasteiger partial charge in [-0.1, -0.05) is 52.4 Å². The summed E-state index contributed by atoms with van der Waals surface area (Å²) in [4.78, 5) is 0. The minimum Gasteiger partial charge on any atom is -0.124 e. The zero-order valence-corrected chi connectivity index (χ0v) is 8.55. The Kier molecular flexibility index (Phi) is 6.96. The summed E-state index contributed by atoms with van der Waals surface area (Å²) in [6.07, 6.45) is 16.9. The van der Waals surface area contributed by atoms with Crippen molar-refractivity contribution >= 4 is 0 Å². The predicted octanol–water partition coefficient (Wildman–Crippen LogP) is 3.86. The van der Waals surface area contributed by atoms with Gasteiger partial charge in [-0.15, -0.1) is 12.8 Å². The lowest BCUT2D eigenvalue weighted by molar-refractivity contribution is 0.258. The summed E-state index contributed by atoms with van der Waals surface area (Å²) in [7, 11) is 0.